The fourth-order valence-corrected chi connectivity index (χ4v) is 3.58. The molecule has 0 bridgehead atoms. The van der Waals surface area contributed by atoms with Crippen LogP contribution in [0.2, 0.25) is 0 Å². The second-order valence-corrected chi connectivity index (χ2v) is 7.84. The largest absolute Gasteiger partial charge is 0.417 e. The Morgan fingerprint density at radius 1 is 1.29 bits per heavy atom. The number of sulfonamides is 1. The zero-order valence-electron chi connectivity index (χ0n) is 12.5. The molecule has 0 aliphatic heterocycles. The molecule has 10 heteroatoms. The number of rotatable bonds is 5. The molecular formula is C14H15F3N2O3S2. The van der Waals surface area contributed by atoms with Gasteiger partial charge in [-0.3, -0.25) is 0 Å². The molecule has 1 atom stereocenters. The maximum absolute atomic E-state index is 13.1. The van der Waals surface area contributed by atoms with Gasteiger partial charge in [-0.2, -0.15) is 13.2 Å². The van der Waals surface area contributed by atoms with Crippen LogP contribution in [0.25, 0.3) is 0 Å². The third-order valence-corrected chi connectivity index (χ3v) is 5.37. The molecule has 0 amide bonds. The van der Waals surface area contributed by atoms with Gasteiger partial charge in [-0.05, 0) is 36.6 Å². The summed E-state index contributed by atoms with van der Waals surface area (Å²) in [6.07, 6.45) is -4.88. The van der Waals surface area contributed by atoms with Gasteiger partial charge in [0.2, 0.25) is 10.0 Å². The van der Waals surface area contributed by atoms with Crippen LogP contribution < -0.4 is 10.5 Å². The second kappa shape index (κ2) is 6.36. The predicted molar refractivity (Wildman–Crippen MR) is 85.2 cm³/mol. The number of alkyl halides is 3. The van der Waals surface area contributed by atoms with E-state index in [0.717, 1.165) is 6.07 Å². The first-order chi connectivity index (χ1) is 10.9. The Labute approximate surface area is 141 Å². The molecule has 0 aliphatic rings. The molecule has 1 aromatic carbocycles. The summed E-state index contributed by atoms with van der Waals surface area (Å²) in [5.41, 5.74) is -2.62. The number of nitrogens with one attached hydrogen (secondary N) is 1. The van der Waals surface area contributed by atoms with Crippen LogP contribution in [0.4, 0.5) is 18.9 Å². The maximum atomic E-state index is 13.1. The summed E-state index contributed by atoms with van der Waals surface area (Å²) in [4.78, 5) is -0.349. The fraction of sp³-hybridized carbons (Fsp3) is 0.286. The summed E-state index contributed by atoms with van der Waals surface area (Å²) in [6.45, 7) is 1.47. The number of nitrogens with two attached hydrogens (primary N) is 1. The van der Waals surface area contributed by atoms with E-state index in [1.165, 1.54) is 24.3 Å². The van der Waals surface area contributed by atoms with Gasteiger partial charge in [0.05, 0.1) is 10.5 Å². The van der Waals surface area contributed by atoms with Crippen LogP contribution in [0, 0.1) is 0 Å². The van der Waals surface area contributed by atoms with Crippen molar-refractivity contribution in [1.82, 2.24) is 0 Å². The topological polar surface area (TPSA) is 92.4 Å². The quantitative estimate of drug-likeness (QED) is 0.744. The van der Waals surface area contributed by atoms with Crippen molar-refractivity contribution < 1.29 is 26.7 Å². The van der Waals surface area contributed by atoms with Gasteiger partial charge in [-0.25, -0.2) is 13.6 Å². The summed E-state index contributed by atoms with van der Waals surface area (Å²) in [7, 11) is -4.51. The zero-order chi connectivity index (χ0) is 18.2. The third-order valence-electron chi connectivity index (χ3n) is 3.28. The summed E-state index contributed by atoms with van der Waals surface area (Å²) >= 11 is 1.31. The summed E-state index contributed by atoms with van der Waals surface area (Å²) < 4.78 is 61.8. The molecule has 1 heterocycles. The van der Waals surface area contributed by atoms with E-state index in [-0.39, 0.29) is 12.2 Å². The van der Waals surface area contributed by atoms with Crippen molar-refractivity contribution in [1.29, 1.82) is 0 Å². The van der Waals surface area contributed by atoms with Crippen LogP contribution in [-0.2, 0) is 21.8 Å². The molecule has 5 nitrogen and oxygen atoms in total. The zero-order valence-corrected chi connectivity index (χ0v) is 14.1. The van der Waals surface area contributed by atoms with E-state index in [2.05, 4.69) is 5.32 Å². The molecule has 1 aromatic heterocycles. The lowest BCUT2D eigenvalue weighted by atomic mass is 10.0. The molecule has 0 aliphatic carbocycles. The second-order valence-electron chi connectivity index (χ2n) is 5.36. The van der Waals surface area contributed by atoms with Crippen molar-refractivity contribution in [3.8, 4) is 0 Å². The number of thiophene rings is 1. The smallest absolute Gasteiger partial charge is 0.383 e. The van der Waals surface area contributed by atoms with E-state index in [1.807, 2.05) is 0 Å². The molecule has 132 valence electrons. The van der Waals surface area contributed by atoms with Gasteiger partial charge in [0, 0.05) is 17.1 Å². The molecule has 0 saturated carbocycles. The Bertz CT molecular complexity index is 816. The van der Waals surface area contributed by atoms with Crippen LogP contribution in [0.1, 0.15) is 17.4 Å². The number of halogens is 3. The van der Waals surface area contributed by atoms with Gasteiger partial charge in [0.15, 0.2) is 0 Å². The third kappa shape index (κ3) is 4.26. The highest BCUT2D eigenvalue weighted by Gasteiger charge is 2.36. The van der Waals surface area contributed by atoms with Crippen molar-refractivity contribution in [2.75, 3.05) is 11.9 Å². The minimum Gasteiger partial charge on any atom is -0.383 e. The molecule has 4 N–H and O–H groups in total. The standard InChI is InChI=1S/C14H15F3N2O3S2/c1-13(20,12-3-2-6-23-12)8-19-9-4-5-11(24(18,21)22)10(7-9)14(15,16)17/h2-7,19-20H,8H2,1H3,(H2,18,21,22). The van der Waals surface area contributed by atoms with Gasteiger partial charge in [-0.15, -0.1) is 11.3 Å². The Morgan fingerprint density at radius 3 is 2.46 bits per heavy atom. The molecule has 0 fully saturated rings. The van der Waals surface area contributed by atoms with Crippen molar-refractivity contribution in [3.05, 3.63) is 46.2 Å². The highest BCUT2D eigenvalue weighted by Crippen LogP contribution is 2.36. The van der Waals surface area contributed by atoms with Crippen molar-refractivity contribution in [2.24, 2.45) is 5.14 Å². The van der Waals surface area contributed by atoms with Gasteiger partial charge < -0.3 is 10.4 Å². The van der Waals surface area contributed by atoms with E-state index in [9.17, 15) is 26.7 Å². The van der Waals surface area contributed by atoms with Crippen LogP contribution >= 0.6 is 11.3 Å². The average Bonchev–Trinajstić information content (AvgIpc) is 2.98. The van der Waals surface area contributed by atoms with Gasteiger partial charge >= 0.3 is 6.18 Å². The Morgan fingerprint density at radius 2 is 1.96 bits per heavy atom. The van der Waals surface area contributed by atoms with Crippen molar-refractivity contribution >= 4 is 27.0 Å². The first-order valence-corrected chi connectivity index (χ1v) is 9.08. The average molecular weight is 380 g/mol. The molecular weight excluding hydrogens is 365 g/mol. The summed E-state index contributed by atoms with van der Waals surface area (Å²) in [5.74, 6) is 0. The van der Waals surface area contributed by atoms with Gasteiger partial charge in [-0.1, -0.05) is 6.07 Å². The van der Waals surface area contributed by atoms with E-state index >= 15 is 0 Å². The van der Waals surface area contributed by atoms with Gasteiger partial charge in [0.1, 0.15) is 5.60 Å². The number of benzene rings is 1. The SMILES string of the molecule is CC(O)(CNc1ccc(S(N)(=O)=O)c(C(F)(F)F)c1)c1cccs1. The lowest BCUT2D eigenvalue weighted by molar-refractivity contribution is -0.139. The maximum Gasteiger partial charge on any atom is 0.417 e. The number of aliphatic hydroxyl groups is 1. The predicted octanol–water partition coefficient (Wildman–Crippen LogP) is 2.73. The van der Waals surface area contributed by atoms with E-state index in [0.29, 0.717) is 10.9 Å². The lowest BCUT2D eigenvalue weighted by Gasteiger charge is -2.23. The van der Waals surface area contributed by atoms with Crippen LogP contribution in [-0.4, -0.2) is 20.1 Å². The number of hydrogen-bond donors (Lipinski definition) is 3. The highest BCUT2D eigenvalue weighted by atomic mass is 32.2. The minimum absolute atomic E-state index is 0.0200. The van der Waals surface area contributed by atoms with Crippen LogP contribution in [0.5, 0.6) is 0 Å². The Balaban J connectivity index is 2.30. The number of hydrogen-bond acceptors (Lipinski definition) is 5. The van der Waals surface area contributed by atoms with Gasteiger partial charge in [0.25, 0.3) is 0 Å². The molecule has 0 radical (unpaired) electrons. The van der Waals surface area contributed by atoms with Crippen LogP contribution in [0.3, 0.4) is 0 Å². The van der Waals surface area contributed by atoms with E-state index in [4.69, 9.17) is 5.14 Å². The van der Waals surface area contributed by atoms with Crippen molar-refractivity contribution in [3.63, 3.8) is 0 Å². The summed E-state index contributed by atoms with van der Waals surface area (Å²) in [6, 6.07) is 6.07. The molecule has 1 unspecified atom stereocenters. The van der Waals surface area contributed by atoms with Crippen molar-refractivity contribution in [2.45, 2.75) is 23.6 Å². The fourth-order valence-electron chi connectivity index (χ4n) is 2.06. The first-order valence-electron chi connectivity index (χ1n) is 6.65. The van der Waals surface area contributed by atoms with E-state index < -0.39 is 32.3 Å². The van der Waals surface area contributed by atoms with Crippen LogP contribution in [0.15, 0.2) is 40.6 Å². The molecule has 0 spiro atoms. The Hall–Kier alpha value is -1.62. The minimum atomic E-state index is -4.88. The lowest BCUT2D eigenvalue weighted by Crippen LogP contribution is -2.30. The van der Waals surface area contributed by atoms with E-state index in [1.54, 1.807) is 17.5 Å². The molecule has 24 heavy (non-hydrogen) atoms. The number of primary sulfonamides is 1. The molecule has 0 saturated heterocycles. The monoisotopic (exact) mass is 380 g/mol. The number of anilines is 1. The normalized spacial score (nSPS) is 15.1. The summed E-state index contributed by atoms with van der Waals surface area (Å²) in [5, 5.41) is 19.6. The molecule has 2 rings (SSSR count). The molecule has 2 aromatic rings. The first kappa shape index (κ1) is 18.7. The highest BCUT2D eigenvalue weighted by molar-refractivity contribution is 7.89. The Kier molecular flexibility index (Phi) is 4.96.